The molecule has 130 valence electrons. The number of carbonyl (C=O) groups is 2. The number of hydrogen-bond acceptors (Lipinski definition) is 7. The van der Waals surface area contributed by atoms with Gasteiger partial charge in [-0.05, 0) is 31.4 Å². The largest absolute Gasteiger partial charge is 0.452 e. The zero-order valence-corrected chi connectivity index (χ0v) is 13.8. The number of carbonyl (C=O) groups excluding carboxylic acids is 2. The minimum Gasteiger partial charge on any atom is -0.452 e. The molecule has 1 aromatic heterocycles. The molecule has 1 atom stereocenters. The van der Waals surface area contributed by atoms with Gasteiger partial charge < -0.3 is 15.4 Å². The summed E-state index contributed by atoms with van der Waals surface area (Å²) in [5.74, 6) is -0.439. The maximum absolute atomic E-state index is 11.9. The Hall–Kier alpha value is -2.16. The molecular formula is C15H19N3O5S. The van der Waals surface area contributed by atoms with Crippen molar-refractivity contribution in [3.63, 3.8) is 0 Å². The van der Waals surface area contributed by atoms with Crippen LogP contribution in [0.1, 0.15) is 29.6 Å². The Bertz CT molecular complexity index is 728. The summed E-state index contributed by atoms with van der Waals surface area (Å²) in [5, 5.41) is 5.76. The second-order valence-electron chi connectivity index (χ2n) is 6.09. The lowest BCUT2D eigenvalue weighted by Crippen LogP contribution is -2.38. The van der Waals surface area contributed by atoms with Gasteiger partial charge in [-0.3, -0.25) is 4.79 Å². The van der Waals surface area contributed by atoms with E-state index in [1.54, 1.807) is 12.1 Å². The van der Waals surface area contributed by atoms with E-state index in [9.17, 15) is 18.0 Å². The molecule has 24 heavy (non-hydrogen) atoms. The Morgan fingerprint density at radius 2 is 2.00 bits per heavy atom. The lowest BCUT2D eigenvalue weighted by atomic mass is 10.2. The molecule has 0 aromatic carbocycles. The molecule has 0 spiro atoms. The van der Waals surface area contributed by atoms with Crippen molar-refractivity contribution >= 4 is 27.5 Å². The maximum Gasteiger partial charge on any atom is 0.340 e. The van der Waals surface area contributed by atoms with Crippen LogP contribution in [0.3, 0.4) is 0 Å². The highest BCUT2D eigenvalue weighted by Crippen LogP contribution is 2.23. The number of aromatic nitrogens is 1. The Kier molecular flexibility index (Phi) is 4.70. The van der Waals surface area contributed by atoms with E-state index in [2.05, 4.69) is 15.6 Å². The third-order valence-electron chi connectivity index (χ3n) is 3.86. The van der Waals surface area contributed by atoms with Gasteiger partial charge in [-0.15, -0.1) is 0 Å². The molecule has 1 amide bonds. The van der Waals surface area contributed by atoms with Gasteiger partial charge in [0.1, 0.15) is 5.82 Å². The molecule has 1 aliphatic heterocycles. The number of esters is 1. The summed E-state index contributed by atoms with van der Waals surface area (Å²) < 4.78 is 27.6. The average molecular weight is 353 g/mol. The summed E-state index contributed by atoms with van der Waals surface area (Å²) in [7, 11) is -3.06. The molecule has 2 heterocycles. The summed E-state index contributed by atoms with van der Waals surface area (Å²) in [4.78, 5) is 27.7. The predicted octanol–water partition coefficient (Wildman–Crippen LogP) is 0.116. The van der Waals surface area contributed by atoms with Gasteiger partial charge in [0, 0.05) is 18.3 Å². The molecule has 1 aromatic rings. The second kappa shape index (κ2) is 6.76. The fourth-order valence-electron chi connectivity index (χ4n) is 2.43. The van der Waals surface area contributed by atoms with Crippen molar-refractivity contribution in [2.24, 2.45) is 0 Å². The minimum atomic E-state index is -3.06. The number of ether oxygens (including phenoxy) is 1. The van der Waals surface area contributed by atoms with E-state index in [1.165, 1.54) is 6.20 Å². The van der Waals surface area contributed by atoms with Crippen LogP contribution < -0.4 is 10.6 Å². The van der Waals surface area contributed by atoms with Crippen molar-refractivity contribution < 1.29 is 22.7 Å². The van der Waals surface area contributed by atoms with Crippen molar-refractivity contribution in [1.29, 1.82) is 0 Å². The van der Waals surface area contributed by atoms with Gasteiger partial charge in [0.15, 0.2) is 16.4 Å². The SMILES string of the molecule is O=C(COC(=O)c1ccc(NC2CC2)nc1)NC1CCS(=O)(=O)C1. The third kappa shape index (κ3) is 4.67. The van der Waals surface area contributed by atoms with Crippen LogP contribution in [0, 0.1) is 0 Å². The van der Waals surface area contributed by atoms with Gasteiger partial charge in [0.2, 0.25) is 0 Å². The van der Waals surface area contributed by atoms with Crippen LogP contribution in [0.4, 0.5) is 5.82 Å². The first-order chi connectivity index (χ1) is 11.4. The van der Waals surface area contributed by atoms with Crippen LogP contribution in [-0.4, -0.2) is 55.5 Å². The highest BCUT2D eigenvalue weighted by Gasteiger charge is 2.29. The Labute approximate surface area is 139 Å². The molecular weight excluding hydrogens is 334 g/mol. The molecule has 9 heteroatoms. The number of amides is 1. The zero-order valence-electron chi connectivity index (χ0n) is 13.0. The van der Waals surface area contributed by atoms with Gasteiger partial charge in [0.05, 0.1) is 17.1 Å². The number of nitrogens with zero attached hydrogens (tertiary/aromatic N) is 1. The molecule has 0 bridgehead atoms. The number of sulfone groups is 1. The number of hydrogen-bond donors (Lipinski definition) is 2. The summed E-state index contributed by atoms with van der Waals surface area (Å²) in [5.41, 5.74) is 0.257. The van der Waals surface area contributed by atoms with Gasteiger partial charge in [-0.1, -0.05) is 0 Å². The standard InChI is InChI=1S/C15H19N3O5S/c19-14(18-12-5-6-24(21,22)9-12)8-23-15(20)10-1-4-13(16-7-10)17-11-2-3-11/h1,4,7,11-12H,2-3,5-6,8-9H2,(H,16,17)(H,18,19). The van der Waals surface area contributed by atoms with Crippen LogP contribution in [0.2, 0.25) is 0 Å². The first kappa shape index (κ1) is 16.7. The molecule has 2 fully saturated rings. The van der Waals surface area contributed by atoms with E-state index in [0.717, 1.165) is 12.8 Å². The van der Waals surface area contributed by atoms with E-state index >= 15 is 0 Å². The zero-order chi connectivity index (χ0) is 17.2. The molecule has 2 aliphatic rings. The van der Waals surface area contributed by atoms with Crippen LogP contribution in [0.15, 0.2) is 18.3 Å². The molecule has 0 radical (unpaired) electrons. The summed E-state index contributed by atoms with van der Waals surface area (Å²) in [6.07, 6.45) is 4.04. The molecule has 2 N–H and O–H groups in total. The van der Waals surface area contributed by atoms with E-state index in [-0.39, 0.29) is 17.1 Å². The van der Waals surface area contributed by atoms with Gasteiger partial charge in [0.25, 0.3) is 5.91 Å². The average Bonchev–Trinajstić information content (AvgIpc) is 3.28. The van der Waals surface area contributed by atoms with E-state index in [0.29, 0.717) is 18.3 Å². The molecule has 3 rings (SSSR count). The fourth-order valence-corrected chi connectivity index (χ4v) is 4.10. The molecule has 8 nitrogen and oxygen atoms in total. The van der Waals surface area contributed by atoms with Gasteiger partial charge in [-0.25, -0.2) is 18.2 Å². The van der Waals surface area contributed by atoms with Crippen LogP contribution in [-0.2, 0) is 19.4 Å². The first-order valence-electron chi connectivity index (χ1n) is 7.81. The third-order valence-corrected chi connectivity index (χ3v) is 5.63. The van der Waals surface area contributed by atoms with Crippen LogP contribution in [0.25, 0.3) is 0 Å². The molecule has 1 saturated carbocycles. The number of anilines is 1. The quantitative estimate of drug-likeness (QED) is 0.698. The van der Waals surface area contributed by atoms with Crippen molar-refractivity contribution in [2.75, 3.05) is 23.4 Å². The van der Waals surface area contributed by atoms with Crippen LogP contribution in [0.5, 0.6) is 0 Å². The van der Waals surface area contributed by atoms with Crippen molar-refractivity contribution in [3.8, 4) is 0 Å². The summed E-state index contributed by atoms with van der Waals surface area (Å²) in [6, 6.07) is 3.34. The Morgan fingerprint density at radius 1 is 1.21 bits per heavy atom. The van der Waals surface area contributed by atoms with Gasteiger partial charge in [-0.2, -0.15) is 0 Å². The predicted molar refractivity (Wildman–Crippen MR) is 86.4 cm³/mol. The highest BCUT2D eigenvalue weighted by molar-refractivity contribution is 7.91. The maximum atomic E-state index is 11.9. The number of rotatable bonds is 6. The van der Waals surface area contributed by atoms with Crippen molar-refractivity contribution in [3.05, 3.63) is 23.9 Å². The lowest BCUT2D eigenvalue weighted by Gasteiger charge is -2.11. The molecule has 1 aliphatic carbocycles. The second-order valence-corrected chi connectivity index (χ2v) is 8.32. The Balaban J connectivity index is 1.43. The number of pyridine rings is 1. The molecule has 1 unspecified atom stereocenters. The van der Waals surface area contributed by atoms with E-state index < -0.39 is 34.4 Å². The normalized spacial score (nSPS) is 21.9. The van der Waals surface area contributed by atoms with Crippen molar-refractivity contribution in [1.82, 2.24) is 10.3 Å². The first-order valence-corrected chi connectivity index (χ1v) is 9.63. The highest BCUT2D eigenvalue weighted by atomic mass is 32.2. The topological polar surface area (TPSA) is 114 Å². The number of nitrogens with one attached hydrogen (secondary N) is 2. The smallest absolute Gasteiger partial charge is 0.340 e. The fraction of sp³-hybridized carbons (Fsp3) is 0.533. The van der Waals surface area contributed by atoms with Gasteiger partial charge >= 0.3 is 5.97 Å². The molecule has 1 saturated heterocycles. The van der Waals surface area contributed by atoms with E-state index in [1.807, 2.05) is 0 Å². The lowest BCUT2D eigenvalue weighted by molar-refractivity contribution is -0.124. The van der Waals surface area contributed by atoms with E-state index in [4.69, 9.17) is 4.74 Å². The van der Waals surface area contributed by atoms with Crippen molar-refractivity contribution in [2.45, 2.75) is 31.3 Å². The monoisotopic (exact) mass is 353 g/mol. The summed E-state index contributed by atoms with van der Waals surface area (Å²) >= 11 is 0. The Morgan fingerprint density at radius 3 is 2.58 bits per heavy atom. The minimum absolute atomic E-state index is 0.0634. The summed E-state index contributed by atoms with van der Waals surface area (Å²) in [6.45, 7) is -0.447. The van der Waals surface area contributed by atoms with Crippen LogP contribution >= 0.6 is 0 Å².